The molecular formula is C37H21Br4N. The van der Waals surface area contributed by atoms with Crippen LogP contribution in [0.3, 0.4) is 0 Å². The number of hydrogen-bond acceptors (Lipinski definition) is 0. The van der Waals surface area contributed by atoms with Crippen molar-refractivity contribution >= 4 is 81.4 Å². The molecule has 0 fully saturated rings. The van der Waals surface area contributed by atoms with Crippen LogP contribution < -0.4 is 10.4 Å². The van der Waals surface area contributed by atoms with Crippen LogP contribution in [0, 0.1) is 0 Å². The minimum atomic E-state index is -0.612. The fourth-order valence-electron chi connectivity index (χ4n) is 6.89. The van der Waals surface area contributed by atoms with E-state index in [0.717, 1.165) is 23.6 Å². The van der Waals surface area contributed by atoms with Crippen LogP contribution >= 0.6 is 63.7 Å². The molecule has 0 saturated carbocycles. The zero-order chi connectivity index (χ0) is 28.6. The van der Waals surface area contributed by atoms with Gasteiger partial charge in [-0.1, -0.05) is 106 Å². The lowest BCUT2D eigenvalue weighted by Gasteiger charge is -2.42. The van der Waals surface area contributed by atoms with Crippen molar-refractivity contribution in [1.82, 2.24) is 4.57 Å². The van der Waals surface area contributed by atoms with Gasteiger partial charge in [0.2, 0.25) is 0 Å². The fourth-order valence-corrected chi connectivity index (χ4v) is 9.47. The van der Waals surface area contributed by atoms with Gasteiger partial charge in [-0.05, 0) is 122 Å². The van der Waals surface area contributed by atoms with Crippen LogP contribution in [0.15, 0.2) is 139 Å². The second-order valence-corrected chi connectivity index (χ2v) is 14.5. The summed E-state index contributed by atoms with van der Waals surface area (Å²) < 4.78 is 6.36. The Hall–Kier alpha value is -2.96. The maximum absolute atomic E-state index is 3.85. The molecule has 0 atom stereocenters. The highest BCUT2D eigenvalue weighted by Crippen LogP contribution is 2.58. The third-order valence-electron chi connectivity index (χ3n) is 8.40. The van der Waals surface area contributed by atoms with Gasteiger partial charge in [0.25, 0.3) is 0 Å². The summed E-state index contributed by atoms with van der Waals surface area (Å²) in [5.41, 5.74) is 10.5. The summed E-state index contributed by atoms with van der Waals surface area (Å²) in [7, 11) is 0. The van der Waals surface area contributed by atoms with E-state index in [4.69, 9.17) is 0 Å². The summed E-state index contributed by atoms with van der Waals surface area (Å²) in [5, 5.41) is 2.52. The number of aromatic nitrogens is 1. The quantitative estimate of drug-likeness (QED) is 0.168. The summed E-state index contributed by atoms with van der Waals surface area (Å²) in [6, 6.07) is 37.3. The molecule has 0 amide bonds. The number of allylic oxidation sites excluding steroid dienone is 1. The molecule has 3 aliphatic carbocycles. The van der Waals surface area contributed by atoms with Crippen molar-refractivity contribution in [1.29, 1.82) is 0 Å². The molecule has 0 saturated heterocycles. The normalized spacial score (nSPS) is 14.7. The Bertz CT molecular complexity index is 2100. The Morgan fingerprint density at radius 2 is 1.21 bits per heavy atom. The first-order valence-corrected chi connectivity index (χ1v) is 16.8. The number of benzene rings is 4. The molecule has 0 aromatic heterocycles. The van der Waals surface area contributed by atoms with Crippen LogP contribution in [-0.2, 0) is 5.41 Å². The Morgan fingerprint density at radius 1 is 0.595 bits per heavy atom. The third-order valence-corrected chi connectivity index (χ3v) is 10.2. The number of para-hydroxylation sites is 1. The summed E-state index contributed by atoms with van der Waals surface area (Å²) in [5.74, 6) is 0. The Morgan fingerprint density at radius 3 is 1.88 bits per heavy atom. The van der Waals surface area contributed by atoms with Crippen LogP contribution in [0.2, 0.25) is 0 Å². The lowest BCUT2D eigenvalue weighted by atomic mass is 9.60. The molecule has 4 aromatic rings. The molecule has 0 spiro atoms. The number of nitrogens with zero attached hydrogens (tertiary/aromatic N) is 1. The van der Waals surface area contributed by atoms with E-state index in [-0.39, 0.29) is 0 Å². The molecule has 0 bridgehead atoms. The maximum Gasteiger partial charge on any atom is 0.0727 e. The zero-order valence-corrected chi connectivity index (χ0v) is 28.4. The Kier molecular flexibility index (Phi) is 6.38. The van der Waals surface area contributed by atoms with Crippen molar-refractivity contribution in [2.75, 3.05) is 0 Å². The van der Waals surface area contributed by atoms with Crippen LogP contribution in [0.4, 0.5) is 0 Å². The first-order chi connectivity index (χ1) is 20.4. The van der Waals surface area contributed by atoms with Gasteiger partial charge in [0.15, 0.2) is 0 Å². The number of halogens is 4. The number of hydrogen-bond donors (Lipinski definition) is 0. The predicted octanol–water partition coefficient (Wildman–Crippen LogP) is 10.0. The van der Waals surface area contributed by atoms with Crippen LogP contribution in [-0.4, -0.2) is 4.57 Å². The van der Waals surface area contributed by atoms with Crippen molar-refractivity contribution in [3.8, 4) is 16.8 Å². The summed E-state index contributed by atoms with van der Waals surface area (Å²) >= 11 is 15.4. The van der Waals surface area contributed by atoms with Gasteiger partial charge in [-0.3, -0.25) is 0 Å². The molecule has 8 rings (SSSR count). The lowest BCUT2D eigenvalue weighted by Crippen LogP contribution is -2.38. The fraction of sp³-hybridized carbons (Fsp3) is 0.0270. The van der Waals surface area contributed by atoms with Crippen molar-refractivity contribution in [3.05, 3.63) is 172 Å². The minimum absolute atomic E-state index is 0.612. The first-order valence-electron chi connectivity index (χ1n) is 13.6. The van der Waals surface area contributed by atoms with E-state index < -0.39 is 5.41 Å². The summed E-state index contributed by atoms with van der Waals surface area (Å²) in [6.45, 7) is 0. The summed E-state index contributed by atoms with van der Waals surface area (Å²) in [6.07, 6.45) is 9.21. The number of pyridine rings is 1. The van der Waals surface area contributed by atoms with Gasteiger partial charge in [-0.15, -0.1) is 0 Å². The van der Waals surface area contributed by atoms with Crippen LogP contribution in [0.25, 0.3) is 34.5 Å². The van der Waals surface area contributed by atoms with Gasteiger partial charge < -0.3 is 4.57 Å². The molecule has 42 heavy (non-hydrogen) atoms. The summed E-state index contributed by atoms with van der Waals surface area (Å²) in [4.78, 5) is 0. The first kappa shape index (κ1) is 26.7. The largest absolute Gasteiger partial charge is 0.323 e. The third kappa shape index (κ3) is 4.05. The van der Waals surface area contributed by atoms with Crippen LogP contribution in [0.1, 0.15) is 22.3 Å². The van der Waals surface area contributed by atoms with Gasteiger partial charge >= 0.3 is 0 Å². The van der Waals surface area contributed by atoms with Crippen molar-refractivity contribution < 1.29 is 0 Å². The number of fused-ring (bicyclic) bond motifs is 5. The van der Waals surface area contributed by atoms with E-state index in [1.54, 1.807) is 0 Å². The molecule has 1 aliphatic heterocycles. The van der Waals surface area contributed by atoms with Gasteiger partial charge in [-0.2, -0.15) is 0 Å². The topological polar surface area (TPSA) is 4.93 Å². The highest BCUT2D eigenvalue weighted by atomic mass is 79.9. The monoisotopic (exact) mass is 795 g/mol. The average Bonchev–Trinajstić information content (AvgIpc) is 3.53. The molecule has 5 heteroatoms. The molecule has 202 valence electrons. The van der Waals surface area contributed by atoms with E-state index in [0.29, 0.717) is 0 Å². The highest BCUT2D eigenvalue weighted by Gasteiger charge is 2.48. The van der Waals surface area contributed by atoms with Gasteiger partial charge in [0, 0.05) is 41.5 Å². The minimum Gasteiger partial charge on any atom is -0.323 e. The van der Waals surface area contributed by atoms with Gasteiger partial charge in [-0.25, -0.2) is 0 Å². The Labute approximate surface area is 277 Å². The highest BCUT2D eigenvalue weighted by molar-refractivity contribution is 9.11. The van der Waals surface area contributed by atoms with Gasteiger partial charge in [0.1, 0.15) is 0 Å². The van der Waals surface area contributed by atoms with E-state index in [1.807, 2.05) is 0 Å². The molecular weight excluding hydrogens is 778 g/mol. The Balaban J connectivity index is 1.61. The molecule has 1 nitrogen and oxygen atoms in total. The molecule has 4 aliphatic rings. The molecule has 0 unspecified atom stereocenters. The maximum atomic E-state index is 3.85. The van der Waals surface area contributed by atoms with Crippen molar-refractivity contribution in [2.24, 2.45) is 0 Å². The second-order valence-electron chi connectivity index (χ2n) is 10.8. The predicted molar refractivity (Wildman–Crippen MR) is 187 cm³/mol. The molecule has 0 radical (unpaired) electrons. The second kappa shape index (κ2) is 10.1. The van der Waals surface area contributed by atoms with E-state index >= 15 is 0 Å². The van der Waals surface area contributed by atoms with Gasteiger partial charge in [0.05, 0.1) is 5.41 Å². The molecule has 4 aromatic carbocycles. The smallest absolute Gasteiger partial charge is 0.0727 e. The SMILES string of the molecule is Brc1cc(Br)cc(C2(c3cc(Br)cc(Br)c3)C3=c4ccccc4=CC3=Cc3cc4ccn(-c5ccccc5)cc-4c32)c1. The lowest BCUT2D eigenvalue weighted by molar-refractivity contribution is 0.793. The van der Waals surface area contributed by atoms with Crippen LogP contribution in [0.5, 0.6) is 0 Å². The molecule has 1 heterocycles. The van der Waals surface area contributed by atoms with E-state index in [9.17, 15) is 0 Å². The zero-order valence-electron chi connectivity index (χ0n) is 22.1. The molecule has 0 N–H and O–H groups in total. The number of rotatable bonds is 3. The van der Waals surface area contributed by atoms with E-state index in [2.05, 4.69) is 196 Å². The van der Waals surface area contributed by atoms with Crippen molar-refractivity contribution in [2.45, 2.75) is 5.41 Å². The average molecular weight is 799 g/mol. The standard InChI is InChI=1S/C37H21Br4N/c38-28-15-26(16-29(39)19-28)37(27-17-30(40)20-31(41)18-27)35-24(12-22-6-4-5-9-33(22)35)14-25-13-23-10-11-42(21-34(23)36(25)37)32-7-2-1-3-8-32/h1-21H. The van der Waals surface area contributed by atoms with E-state index in [1.165, 1.54) is 55.0 Å². The van der Waals surface area contributed by atoms with Crippen molar-refractivity contribution in [3.63, 3.8) is 0 Å².